The summed E-state index contributed by atoms with van der Waals surface area (Å²) in [7, 11) is 1.64. The van der Waals surface area contributed by atoms with E-state index in [4.69, 9.17) is 14.2 Å². The lowest BCUT2D eigenvalue weighted by molar-refractivity contribution is -0.148. The Morgan fingerprint density at radius 2 is 2.14 bits per heavy atom. The van der Waals surface area contributed by atoms with Gasteiger partial charge in [0.15, 0.2) is 5.13 Å². The molecule has 0 spiro atoms. The molecule has 0 amide bonds. The van der Waals surface area contributed by atoms with Crippen LogP contribution < -0.4 is 5.32 Å². The summed E-state index contributed by atoms with van der Waals surface area (Å²) in [6.45, 7) is 8.22. The lowest BCUT2D eigenvalue weighted by Crippen LogP contribution is -2.31. The van der Waals surface area contributed by atoms with Gasteiger partial charge in [-0.25, -0.2) is 4.98 Å². The Bertz CT molecular complexity index is 434. The summed E-state index contributed by atoms with van der Waals surface area (Å²) in [6, 6.07) is 0. The largest absolute Gasteiger partial charge is 0.465 e. The SMILES string of the molecule is CCOC(=O)C(C)(C)c1csc(NCCOCCOC)n1. The zero-order valence-electron chi connectivity index (χ0n) is 13.1. The Morgan fingerprint density at radius 3 is 2.81 bits per heavy atom. The van der Waals surface area contributed by atoms with Gasteiger partial charge in [0.1, 0.15) is 5.41 Å². The standard InChI is InChI=1S/C14H24N2O4S/c1-5-20-12(17)14(2,3)11-10-21-13(16-11)15-6-7-19-9-8-18-4/h10H,5-9H2,1-4H3,(H,15,16). The predicted octanol–water partition coefficient (Wildman–Crippen LogP) is 2.06. The normalized spacial score (nSPS) is 11.4. The highest BCUT2D eigenvalue weighted by molar-refractivity contribution is 7.13. The van der Waals surface area contributed by atoms with Gasteiger partial charge in [0, 0.05) is 19.0 Å². The first kappa shape index (κ1) is 17.9. The number of hydrogen-bond donors (Lipinski definition) is 1. The van der Waals surface area contributed by atoms with Gasteiger partial charge in [-0.1, -0.05) is 0 Å². The summed E-state index contributed by atoms with van der Waals surface area (Å²) in [5, 5.41) is 5.83. The minimum Gasteiger partial charge on any atom is -0.465 e. The predicted molar refractivity (Wildman–Crippen MR) is 83.0 cm³/mol. The van der Waals surface area contributed by atoms with E-state index in [2.05, 4.69) is 10.3 Å². The minimum absolute atomic E-state index is 0.259. The zero-order chi connectivity index (χ0) is 15.7. The molecule has 1 aromatic heterocycles. The molecule has 6 nitrogen and oxygen atoms in total. The molecule has 0 bridgehead atoms. The van der Waals surface area contributed by atoms with Crippen LogP contribution in [0.25, 0.3) is 0 Å². The summed E-state index contributed by atoms with van der Waals surface area (Å²) < 4.78 is 15.3. The number of rotatable bonds is 10. The van der Waals surface area contributed by atoms with Crippen molar-refractivity contribution in [2.24, 2.45) is 0 Å². The Labute approximate surface area is 129 Å². The second kappa shape index (κ2) is 8.96. The highest BCUT2D eigenvalue weighted by Gasteiger charge is 2.33. The number of nitrogens with one attached hydrogen (secondary N) is 1. The van der Waals surface area contributed by atoms with Gasteiger partial charge in [0.05, 0.1) is 32.1 Å². The van der Waals surface area contributed by atoms with E-state index < -0.39 is 5.41 Å². The average molecular weight is 316 g/mol. The fourth-order valence-corrected chi connectivity index (χ4v) is 2.44. The van der Waals surface area contributed by atoms with E-state index in [9.17, 15) is 4.79 Å². The molecule has 0 aromatic carbocycles. The Hall–Kier alpha value is -1.18. The molecule has 0 aliphatic carbocycles. The van der Waals surface area contributed by atoms with E-state index in [1.165, 1.54) is 11.3 Å². The number of carbonyl (C=O) groups excluding carboxylic acids is 1. The molecule has 120 valence electrons. The second-order valence-electron chi connectivity index (χ2n) is 4.92. The zero-order valence-corrected chi connectivity index (χ0v) is 13.9. The van der Waals surface area contributed by atoms with Crippen LogP contribution in [0.1, 0.15) is 26.5 Å². The van der Waals surface area contributed by atoms with Gasteiger partial charge in [0.2, 0.25) is 0 Å². The van der Waals surface area contributed by atoms with Gasteiger partial charge >= 0.3 is 5.97 Å². The molecule has 0 radical (unpaired) electrons. The number of aromatic nitrogens is 1. The number of carbonyl (C=O) groups is 1. The fraction of sp³-hybridized carbons (Fsp3) is 0.714. The van der Waals surface area contributed by atoms with E-state index >= 15 is 0 Å². The van der Waals surface area contributed by atoms with Crippen LogP contribution in [-0.4, -0.2) is 51.0 Å². The lowest BCUT2D eigenvalue weighted by atomic mass is 9.90. The molecule has 7 heteroatoms. The van der Waals surface area contributed by atoms with Crippen LogP contribution in [0.3, 0.4) is 0 Å². The number of thiazole rings is 1. The number of nitrogens with zero attached hydrogens (tertiary/aromatic N) is 1. The van der Waals surface area contributed by atoms with Crippen LogP contribution in [0.4, 0.5) is 5.13 Å². The molecule has 0 saturated carbocycles. The fourth-order valence-electron chi connectivity index (χ4n) is 1.53. The van der Waals surface area contributed by atoms with Gasteiger partial charge in [0.25, 0.3) is 0 Å². The number of esters is 1. The maximum atomic E-state index is 11.9. The molecule has 1 rings (SSSR count). The van der Waals surface area contributed by atoms with E-state index in [0.717, 1.165) is 5.13 Å². The Balaban J connectivity index is 2.43. The van der Waals surface area contributed by atoms with Crippen molar-refractivity contribution in [3.05, 3.63) is 11.1 Å². The third-order valence-electron chi connectivity index (χ3n) is 2.88. The lowest BCUT2D eigenvalue weighted by Gasteiger charge is -2.19. The van der Waals surface area contributed by atoms with Crippen molar-refractivity contribution < 1.29 is 19.0 Å². The molecule has 1 aromatic rings. The topological polar surface area (TPSA) is 69.7 Å². The first-order chi connectivity index (χ1) is 10.0. The van der Waals surface area contributed by atoms with Crippen LogP contribution in [-0.2, 0) is 24.4 Å². The maximum absolute atomic E-state index is 11.9. The van der Waals surface area contributed by atoms with Crippen molar-refractivity contribution in [2.45, 2.75) is 26.2 Å². The summed E-state index contributed by atoms with van der Waals surface area (Å²) in [5.74, 6) is -0.259. The molecular weight excluding hydrogens is 292 g/mol. The summed E-state index contributed by atoms with van der Waals surface area (Å²) in [6.07, 6.45) is 0. The number of methoxy groups -OCH3 is 1. The number of hydrogen-bond acceptors (Lipinski definition) is 7. The van der Waals surface area contributed by atoms with Gasteiger partial charge in [-0.15, -0.1) is 11.3 Å². The van der Waals surface area contributed by atoms with Gasteiger partial charge in [-0.3, -0.25) is 4.79 Å². The molecule has 1 N–H and O–H groups in total. The Morgan fingerprint density at radius 1 is 1.38 bits per heavy atom. The molecule has 0 aliphatic rings. The van der Waals surface area contributed by atoms with Crippen LogP contribution in [0, 0.1) is 0 Å². The highest BCUT2D eigenvalue weighted by atomic mass is 32.1. The first-order valence-corrected chi connectivity index (χ1v) is 7.84. The average Bonchev–Trinajstić information content (AvgIpc) is 2.92. The van der Waals surface area contributed by atoms with E-state index in [1.807, 2.05) is 19.2 Å². The van der Waals surface area contributed by atoms with Gasteiger partial charge < -0.3 is 19.5 Å². The van der Waals surface area contributed by atoms with Crippen molar-refractivity contribution in [2.75, 3.05) is 45.4 Å². The number of anilines is 1. The van der Waals surface area contributed by atoms with Crippen LogP contribution in [0.2, 0.25) is 0 Å². The summed E-state index contributed by atoms with van der Waals surface area (Å²) in [4.78, 5) is 16.4. The minimum atomic E-state index is -0.735. The highest BCUT2D eigenvalue weighted by Crippen LogP contribution is 2.28. The van der Waals surface area contributed by atoms with Crippen molar-refractivity contribution in [3.8, 4) is 0 Å². The molecule has 0 saturated heterocycles. The third kappa shape index (κ3) is 5.61. The molecule has 0 aliphatic heterocycles. The molecule has 21 heavy (non-hydrogen) atoms. The van der Waals surface area contributed by atoms with E-state index in [-0.39, 0.29) is 5.97 Å². The molecule has 0 fully saturated rings. The molecule has 0 atom stereocenters. The van der Waals surface area contributed by atoms with Crippen LogP contribution in [0.5, 0.6) is 0 Å². The second-order valence-corrected chi connectivity index (χ2v) is 5.77. The molecule has 0 unspecified atom stereocenters. The van der Waals surface area contributed by atoms with Crippen LogP contribution in [0.15, 0.2) is 5.38 Å². The van der Waals surface area contributed by atoms with Crippen molar-refractivity contribution in [3.63, 3.8) is 0 Å². The number of ether oxygens (including phenoxy) is 3. The third-order valence-corrected chi connectivity index (χ3v) is 3.68. The van der Waals surface area contributed by atoms with Gasteiger partial charge in [-0.05, 0) is 20.8 Å². The van der Waals surface area contributed by atoms with Crippen molar-refractivity contribution in [1.29, 1.82) is 0 Å². The Kier molecular flexibility index (Phi) is 7.63. The quantitative estimate of drug-likeness (QED) is 0.526. The van der Waals surface area contributed by atoms with Crippen LogP contribution >= 0.6 is 11.3 Å². The molecule has 1 heterocycles. The summed E-state index contributed by atoms with van der Waals surface area (Å²) >= 11 is 1.47. The van der Waals surface area contributed by atoms with E-state index in [1.54, 1.807) is 14.0 Å². The smallest absolute Gasteiger partial charge is 0.317 e. The van der Waals surface area contributed by atoms with Gasteiger partial charge in [-0.2, -0.15) is 0 Å². The van der Waals surface area contributed by atoms with Crippen molar-refractivity contribution in [1.82, 2.24) is 4.98 Å². The van der Waals surface area contributed by atoms with Crippen molar-refractivity contribution >= 4 is 22.4 Å². The first-order valence-electron chi connectivity index (χ1n) is 6.96. The molecular formula is C14H24N2O4S. The summed E-state index contributed by atoms with van der Waals surface area (Å²) in [5.41, 5.74) is -0.0183. The monoisotopic (exact) mass is 316 g/mol. The van der Waals surface area contributed by atoms with E-state index in [0.29, 0.717) is 38.7 Å². The maximum Gasteiger partial charge on any atom is 0.317 e.